The maximum atomic E-state index is 13.3. The number of aryl methyl sites for hydroxylation is 1. The minimum absolute atomic E-state index is 0.113. The molecule has 4 aromatic rings. The van der Waals surface area contributed by atoms with E-state index in [0.717, 1.165) is 15.8 Å². The molecule has 2 aromatic heterocycles. The van der Waals surface area contributed by atoms with Crippen molar-refractivity contribution in [1.82, 2.24) is 14.8 Å². The Kier molecular flexibility index (Phi) is 5.91. The van der Waals surface area contributed by atoms with Gasteiger partial charge in [-0.15, -0.1) is 0 Å². The van der Waals surface area contributed by atoms with Gasteiger partial charge in [0.15, 0.2) is 0 Å². The van der Waals surface area contributed by atoms with Gasteiger partial charge in [0.2, 0.25) is 0 Å². The monoisotopic (exact) mass is 493 g/mol. The quantitative estimate of drug-likeness (QED) is 0.418. The highest BCUT2D eigenvalue weighted by Crippen LogP contribution is 2.29. The summed E-state index contributed by atoms with van der Waals surface area (Å²) in [5.74, 6) is -0.376. The number of carbonyl (C=O) groups excluding carboxylic acids is 2. The molecule has 2 amide bonds. The topological polar surface area (TPSA) is 112 Å². The summed E-state index contributed by atoms with van der Waals surface area (Å²) in [6.45, 7) is 2.46. The predicted molar refractivity (Wildman–Crippen MR) is 126 cm³/mol. The van der Waals surface area contributed by atoms with Gasteiger partial charge >= 0.3 is 0 Å². The van der Waals surface area contributed by atoms with Crippen LogP contribution in [0.1, 0.15) is 27.8 Å². The lowest BCUT2D eigenvalue weighted by molar-refractivity contribution is 0.0992. The molecule has 32 heavy (non-hydrogen) atoms. The second-order valence-corrected chi connectivity index (χ2v) is 7.94. The first-order chi connectivity index (χ1) is 15.4. The molecule has 2 heterocycles. The molecular formula is C23H20BrN5O3. The molecular weight excluding hydrogens is 474 g/mol. The fourth-order valence-electron chi connectivity index (χ4n) is 3.46. The van der Waals surface area contributed by atoms with Crippen molar-refractivity contribution in [3.05, 3.63) is 70.5 Å². The number of fused-ring (bicyclic) bond motifs is 1. The predicted octanol–water partition coefficient (Wildman–Crippen LogP) is 4.15. The third-order valence-corrected chi connectivity index (χ3v) is 5.37. The molecule has 0 bridgehead atoms. The highest BCUT2D eigenvalue weighted by Gasteiger charge is 2.20. The molecule has 0 aliphatic carbocycles. The summed E-state index contributed by atoms with van der Waals surface area (Å²) in [5.41, 5.74) is 8.28. The third kappa shape index (κ3) is 4.19. The summed E-state index contributed by atoms with van der Waals surface area (Å²) in [7, 11) is 1.58. The lowest BCUT2D eigenvalue weighted by Gasteiger charge is -2.12. The van der Waals surface area contributed by atoms with E-state index in [9.17, 15) is 9.59 Å². The first kappa shape index (κ1) is 21.5. The van der Waals surface area contributed by atoms with Crippen molar-refractivity contribution < 1.29 is 14.3 Å². The Hall–Kier alpha value is -3.72. The number of pyridine rings is 1. The van der Waals surface area contributed by atoms with Crippen LogP contribution in [0.2, 0.25) is 0 Å². The van der Waals surface area contributed by atoms with Gasteiger partial charge in [-0.25, -0.2) is 4.98 Å². The Balaban J connectivity index is 1.82. The number of nitrogens with two attached hydrogens (primary N) is 1. The number of halogens is 1. The normalized spacial score (nSPS) is 10.8. The number of rotatable bonds is 6. The van der Waals surface area contributed by atoms with Gasteiger partial charge < -0.3 is 15.8 Å². The van der Waals surface area contributed by atoms with E-state index in [0.29, 0.717) is 28.8 Å². The average molecular weight is 494 g/mol. The second-order valence-electron chi connectivity index (χ2n) is 7.03. The number of ether oxygens (including phenoxy) is 1. The summed E-state index contributed by atoms with van der Waals surface area (Å²) in [4.78, 5) is 29.8. The van der Waals surface area contributed by atoms with E-state index < -0.39 is 11.8 Å². The van der Waals surface area contributed by atoms with Crippen LogP contribution in [-0.4, -0.2) is 33.2 Å². The van der Waals surface area contributed by atoms with Gasteiger partial charge in [-0.3, -0.25) is 14.3 Å². The van der Waals surface area contributed by atoms with Crippen molar-refractivity contribution in [3.8, 4) is 17.0 Å². The zero-order valence-corrected chi connectivity index (χ0v) is 19.0. The molecule has 0 aliphatic rings. The molecule has 3 N–H and O–H groups in total. The van der Waals surface area contributed by atoms with Gasteiger partial charge in [0, 0.05) is 22.5 Å². The van der Waals surface area contributed by atoms with E-state index in [1.54, 1.807) is 13.1 Å². The Labute approximate surface area is 192 Å². The maximum Gasteiger partial charge on any atom is 0.269 e. The van der Waals surface area contributed by atoms with Gasteiger partial charge in [0.1, 0.15) is 11.4 Å². The molecule has 0 atom stereocenters. The first-order valence-electron chi connectivity index (χ1n) is 9.84. The van der Waals surface area contributed by atoms with Crippen LogP contribution in [-0.2, 0) is 7.05 Å². The van der Waals surface area contributed by atoms with Gasteiger partial charge in [0.25, 0.3) is 11.8 Å². The molecule has 8 nitrogen and oxygen atoms in total. The molecule has 0 aliphatic heterocycles. The van der Waals surface area contributed by atoms with E-state index in [4.69, 9.17) is 15.5 Å². The van der Waals surface area contributed by atoms with E-state index >= 15 is 0 Å². The number of hydrogen-bond acceptors (Lipinski definition) is 5. The molecule has 0 spiro atoms. The van der Waals surface area contributed by atoms with Gasteiger partial charge in [-0.05, 0) is 43.3 Å². The summed E-state index contributed by atoms with van der Waals surface area (Å²) in [6.07, 6.45) is 1.39. The number of primary amides is 1. The average Bonchev–Trinajstić information content (AvgIpc) is 3.13. The van der Waals surface area contributed by atoms with Crippen LogP contribution in [0.5, 0.6) is 5.75 Å². The van der Waals surface area contributed by atoms with Crippen LogP contribution in [0.3, 0.4) is 0 Å². The Morgan fingerprint density at radius 1 is 1.19 bits per heavy atom. The highest BCUT2D eigenvalue weighted by atomic mass is 79.9. The van der Waals surface area contributed by atoms with Crippen LogP contribution in [0.15, 0.2) is 59.2 Å². The summed E-state index contributed by atoms with van der Waals surface area (Å²) < 4.78 is 7.73. The number of nitrogens with one attached hydrogen (secondary N) is 1. The molecule has 9 heteroatoms. The summed E-state index contributed by atoms with van der Waals surface area (Å²) in [6, 6.07) is 14.8. The van der Waals surface area contributed by atoms with Crippen LogP contribution in [0, 0.1) is 0 Å². The van der Waals surface area contributed by atoms with Crippen LogP contribution >= 0.6 is 15.9 Å². The van der Waals surface area contributed by atoms with Crippen LogP contribution in [0.4, 0.5) is 5.69 Å². The number of benzene rings is 2. The standard InChI is InChI=1S/C23H20BrN5O3/c1-3-32-15-6-4-5-13(9-15)19-11-17(16-10-14(24)7-8-18(16)27-19)23(31)28-20-12-26-29(2)21(20)22(25)30/h4-12H,3H2,1-2H3,(H2,25,30)(H,28,31). The smallest absolute Gasteiger partial charge is 0.269 e. The zero-order valence-electron chi connectivity index (χ0n) is 17.4. The third-order valence-electron chi connectivity index (χ3n) is 4.88. The molecule has 0 radical (unpaired) electrons. The number of anilines is 1. The first-order valence-corrected chi connectivity index (χ1v) is 10.6. The van der Waals surface area contributed by atoms with Crippen LogP contribution < -0.4 is 15.8 Å². The van der Waals surface area contributed by atoms with E-state index in [1.807, 2.05) is 49.4 Å². The van der Waals surface area contributed by atoms with Crippen molar-refractivity contribution in [2.75, 3.05) is 11.9 Å². The number of hydrogen-bond donors (Lipinski definition) is 2. The van der Waals surface area contributed by atoms with Crippen molar-refractivity contribution >= 4 is 44.3 Å². The fourth-order valence-corrected chi connectivity index (χ4v) is 3.82. The number of aromatic nitrogens is 3. The molecule has 162 valence electrons. The maximum absolute atomic E-state index is 13.3. The molecule has 4 rings (SSSR count). The lowest BCUT2D eigenvalue weighted by Crippen LogP contribution is -2.20. The van der Waals surface area contributed by atoms with Crippen molar-refractivity contribution in [2.45, 2.75) is 6.92 Å². The van der Waals surface area contributed by atoms with Crippen molar-refractivity contribution in [1.29, 1.82) is 0 Å². The summed E-state index contributed by atoms with van der Waals surface area (Å²) >= 11 is 3.46. The lowest BCUT2D eigenvalue weighted by atomic mass is 10.0. The van der Waals surface area contributed by atoms with Crippen molar-refractivity contribution in [2.24, 2.45) is 12.8 Å². The Morgan fingerprint density at radius 3 is 2.75 bits per heavy atom. The second kappa shape index (κ2) is 8.80. The minimum Gasteiger partial charge on any atom is -0.494 e. The Bertz CT molecular complexity index is 1350. The Morgan fingerprint density at radius 2 is 2.00 bits per heavy atom. The molecule has 0 saturated heterocycles. The summed E-state index contributed by atoms with van der Waals surface area (Å²) in [5, 5.41) is 7.44. The SMILES string of the molecule is CCOc1cccc(-c2cc(C(=O)Nc3cnn(C)c3C(N)=O)c3cc(Br)ccc3n2)c1. The number of carbonyl (C=O) groups is 2. The fraction of sp³-hybridized carbons (Fsp3) is 0.130. The van der Waals surface area contributed by atoms with Gasteiger partial charge in [0.05, 0.1) is 35.3 Å². The van der Waals surface area contributed by atoms with E-state index in [-0.39, 0.29) is 11.4 Å². The highest BCUT2D eigenvalue weighted by molar-refractivity contribution is 9.10. The number of nitrogens with zero attached hydrogens (tertiary/aromatic N) is 3. The number of amides is 2. The zero-order chi connectivity index (χ0) is 22.8. The molecule has 2 aromatic carbocycles. The molecule has 0 saturated carbocycles. The molecule has 0 unspecified atom stereocenters. The largest absolute Gasteiger partial charge is 0.494 e. The van der Waals surface area contributed by atoms with Gasteiger partial charge in [-0.2, -0.15) is 5.10 Å². The van der Waals surface area contributed by atoms with Crippen molar-refractivity contribution in [3.63, 3.8) is 0 Å². The van der Waals surface area contributed by atoms with E-state index in [1.165, 1.54) is 10.9 Å². The molecule has 0 fully saturated rings. The van der Waals surface area contributed by atoms with E-state index in [2.05, 4.69) is 26.3 Å². The van der Waals surface area contributed by atoms with Gasteiger partial charge in [-0.1, -0.05) is 28.1 Å². The van der Waals surface area contributed by atoms with Crippen LogP contribution in [0.25, 0.3) is 22.2 Å². The minimum atomic E-state index is -0.684.